The molecule has 0 bridgehead atoms. The van der Waals surface area contributed by atoms with Gasteiger partial charge in [-0.05, 0) is 43.2 Å². The SMILES string of the molecule is Cc1ccc(CNS(=O)(=O)c2ccc(CCCl)cc2)o1. The van der Waals surface area contributed by atoms with Gasteiger partial charge in [0.25, 0.3) is 0 Å². The van der Waals surface area contributed by atoms with Gasteiger partial charge in [0.05, 0.1) is 11.4 Å². The number of aryl methyl sites for hydroxylation is 2. The van der Waals surface area contributed by atoms with Crippen LogP contribution in [0.3, 0.4) is 0 Å². The fraction of sp³-hybridized carbons (Fsp3) is 0.286. The minimum absolute atomic E-state index is 0.138. The fourth-order valence-electron chi connectivity index (χ4n) is 1.77. The summed E-state index contributed by atoms with van der Waals surface area (Å²) >= 11 is 5.64. The Morgan fingerprint density at radius 2 is 1.85 bits per heavy atom. The Hall–Kier alpha value is -1.30. The van der Waals surface area contributed by atoms with E-state index in [1.807, 2.05) is 6.92 Å². The number of halogens is 1. The van der Waals surface area contributed by atoms with Crippen molar-refractivity contribution in [3.05, 3.63) is 53.5 Å². The number of rotatable bonds is 6. The molecule has 6 heteroatoms. The number of hydrogen-bond acceptors (Lipinski definition) is 3. The van der Waals surface area contributed by atoms with Gasteiger partial charge in [-0.1, -0.05) is 12.1 Å². The summed E-state index contributed by atoms with van der Waals surface area (Å²) in [6, 6.07) is 10.3. The lowest BCUT2D eigenvalue weighted by atomic mass is 10.2. The largest absolute Gasteiger partial charge is 0.465 e. The van der Waals surface area contributed by atoms with E-state index in [0.29, 0.717) is 11.6 Å². The van der Waals surface area contributed by atoms with Gasteiger partial charge in [-0.2, -0.15) is 0 Å². The highest BCUT2D eigenvalue weighted by Crippen LogP contribution is 2.13. The van der Waals surface area contributed by atoms with Crippen molar-refractivity contribution in [2.45, 2.75) is 24.8 Å². The summed E-state index contributed by atoms with van der Waals surface area (Å²) in [4.78, 5) is 0.235. The van der Waals surface area contributed by atoms with E-state index in [9.17, 15) is 8.42 Å². The third-order valence-corrected chi connectivity index (χ3v) is 4.46. The average Bonchev–Trinajstić information content (AvgIpc) is 2.84. The van der Waals surface area contributed by atoms with Crippen LogP contribution in [-0.4, -0.2) is 14.3 Å². The van der Waals surface area contributed by atoms with Crippen LogP contribution in [0, 0.1) is 6.92 Å². The maximum Gasteiger partial charge on any atom is 0.240 e. The van der Waals surface area contributed by atoms with Crippen LogP contribution >= 0.6 is 11.6 Å². The zero-order valence-corrected chi connectivity index (χ0v) is 12.7. The van der Waals surface area contributed by atoms with E-state index in [1.54, 1.807) is 36.4 Å². The molecule has 0 radical (unpaired) electrons. The predicted octanol–water partition coefficient (Wildman–Crippen LogP) is 2.85. The Bertz CT molecular complexity index is 662. The number of nitrogens with one attached hydrogen (secondary N) is 1. The number of alkyl halides is 1. The molecule has 1 aromatic carbocycles. The maximum atomic E-state index is 12.1. The Morgan fingerprint density at radius 3 is 2.40 bits per heavy atom. The summed E-state index contributed by atoms with van der Waals surface area (Å²) in [6.45, 7) is 1.95. The zero-order chi connectivity index (χ0) is 14.6. The summed E-state index contributed by atoms with van der Waals surface area (Å²) < 4.78 is 32.0. The van der Waals surface area contributed by atoms with Crippen LogP contribution in [0.25, 0.3) is 0 Å². The van der Waals surface area contributed by atoms with Gasteiger partial charge in [0.1, 0.15) is 11.5 Å². The molecule has 2 aromatic rings. The second kappa shape index (κ2) is 6.43. The molecule has 1 aromatic heterocycles. The Labute approximate surface area is 123 Å². The highest BCUT2D eigenvalue weighted by atomic mass is 35.5. The van der Waals surface area contributed by atoms with Crippen molar-refractivity contribution in [1.82, 2.24) is 4.72 Å². The third-order valence-electron chi connectivity index (χ3n) is 2.85. The van der Waals surface area contributed by atoms with Crippen molar-refractivity contribution in [3.63, 3.8) is 0 Å². The molecule has 0 aliphatic carbocycles. The number of furan rings is 1. The van der Waals surface area contributed by atoms with Gasteiger partial charge >= 0.3 is 0 Å². The summed E-state index contributed by atoms with van der Waals surface area (Å²) in [5, 5.41) is 0. The molecule has 1 N–H and O–H groups in total. The van der Waals surface area contributed by atoms with Gasteiger partial charge in [0.2, 0.25) is 10.0 Å². The summed E-state index contributed by atoms with van der Waals surface area (Å²) in [5.41, 5.74) is 1.01. The molecule has 0 spiro atoms. The Morgan fingerprint density at radius 1 is 1.15 bits per heavy atom. The van der Waals surface area contributed by atoms with E-state index in [-0.39, 0.29) is 11.4 Å². The summed E-state index contributed by atoms with van der Waals surface area (Å²) in [7, 11) is -3.52. The molecular weight excluding hydrogens is 298 g/mol. The molecule has 0 aliphatic rings. The van der Waals surface area contributed by atoms with Gasteiger partial charge in [-0.15, -0.1) is 11.6 Å². The maximum absolute atomic E-state index is 12.1. The first-order chi connectivity index (χ1) is 9.51. The molecule has 0 aliphatic heterocycles. The molecule has 20 heavy (non-hydrogen) atoms. The van der Waals surface area contributed by atoms with Gasteiger partial charge in [0.15, 0.2) is 0 Å². The first kappa shape index (κ1) is 15.1. The van der Waals surface area contributed by atoms with Gasteiger partial charge < -0.3 is 4.42 Å². The molecule has 0 atom stereocenters. The van der Waals surface area contributed by atoms with Crippen molar-refractivity contribution in [2.75, 3.05) is 5.88 Å². The molecule has 108 valence electrons. The Balaban J connectivity index is 2.05. The van der Waals surface area contributed by atoms with Crippen LogP contribution in [0.4, 0.5) is 0 Å². The predicted molar refractivity (Wildman–Crippen MR) is 78.3 cm³/mol. The van der Waals surface area contributed by atoms with E-state index in [4.69, 9.17) is 16.0 Å². The normalized spacial score (nSPS) is 11.7. The van der Waals surface area contributed by atoms with Crippen LogP contribution in [-0.2, 0) is 23.0 Å². The van der Waals surface area contributed by atoms with Crippen molar-refractivity contribution in [1.29, 1.82) is 0 Å². The number of benzene rings is 1. The molecule has 0 unspecified atom stereocenters. The first-order valence-electron chi connectivity index (χ1n) is 6.21. The monoisotopic (exact) mass is 313 g/mol. The number of sulfonamides is 1. The van der Waals surface area contributed by atoms with Crippen molar-refractivity contribution < 1.29 is 12.8 Å². The van der Waals surface area contributed by atoms with Crippen molar-refractivity contribution in [2.24, 2.45) is 0 Å². The fourth-order valence-corrected chi connectivity index (χ4v) is 2.99. The highest BCUT2D eigenvalue weighted by Gasteiger charge is 2.14. The molecule has 4 nitrogen and oxygen atoms in total. The molecule has 0 fully saturated rings. The van der Waals surface area contributed by atoms with E-state index >= 15 is 0 Å². The lowest BCUT2D eigenvalue weighted by Gasteiger charge is -2.06. The van der Waals surface area contributed by atoms with Crippen LogP contribution in [0.2, 0.25) is 0 Å². The van der Waals surface area contributed by atoms with E-state index < -0.39 is 10.0 Å². The van der Waals surface area contributed by atoms with Gasteiger partial charge in [-0.3, -0.25) is 0 Å². The lowest BCUT2D eigenvalue weighted by Crippen LogP contribution is -2.23. The minimum Gasteiger partial charge on any atom is -0.465 e. The molecular formula is C14H16ClNO3S. The lowest BCUT2D eigenvalue weighted by molar-refractivity contribution is 0.475. The standard InChI is InChI=1S/C14H16ClNO3S/c1-11-2-5-13(19-11)10-16-20(17,18)14-6-3-12(4-7-14)8-9-15/h2-7,16H,8-10H2,1H3. The minimum atomic E-state index is -3.52. The topological polar surface area (TPSA) is 59.3 Å². The van der Waals surface area contributed by atoms with E-state index in [0.717, 1.165) is 17.7 Å². The summed E-state index contributed by atoms with van der Waals surface area (Å²) in [6.07, 6.45) is 0.723. The first-order valence-corrected chi connectivity index (χ1v) is 8.23. The Kier molecular flexibility index (Phi) is 4.86. The number of hydrogen-bond donors (Lipinski definition) is 1. The molecule has 0 saturated heterocycles. The van der Waals surface area contributed by atoms with Gasteiger partial charge in [0, 0.05) is 5.88 Å². The molecule has 1 heterocycles. The summed E-state index contributed by atoms with van der Waals surface area (Å²) in [5.74, 6) is 1.86. The zero-order valence-electron chi connectivity index (χ0n) is 11.1. The second-order valence-corrected chi connectivity index (χ2v) is 6.56. The average molecular weight is 314 g/mol. The van der Waals surface area contributed by atoms with Crippen LogP contribution in [0.15, 0.2) is 45.7 Å². The smallest absolute Gasteiger partial charge is 0.240 e. The van der Waals surface area contributed by atoms with E-state index in [1.165, 1.54) is 0 Å². The van der Waals surface area contributed by atoms with Gasteiger partial charge in [-0.25, -0.2) is 13.1 Å². The molecule has 0 saturated carbocycles. The third kappa shape index (κ3) is 3.85. The van der Waals surface area contributed by atoms with Crippen molar-refractivity contribution in [3.8, 4) is 0 Å². The quantitative estimate of drug-likeness (QED) is 0.834. The second-order valence-electron chi connectivity index (χ2n) is 4.42. The molecule has 2 rings (SSSR count). The highest BCUT2D eigenvalue weighted by molar-refractivity contribution is 7.89. The van der Waals surface area contributed by atoms with Crippen molar-refractivity contribution >= 4 is 21.6 Å². The molecule has 0 amide bonds. The van der Waals surface area contributed by atoms with Crippen LogP contribution < -0.4 is 4.72 Å². The van der Waals surface area contributed by atoms with Crippen LogP contribution in [0.5, 0.6) is 0 Å². The van der Waals surface area contributed by atoms with E-state index in [2.05, 4.69) is 4.72 Å². The van der Waals surface area contributed by atoms with Crippen LogP contribution in [0.1, 0.15) is 17.1 Å².